The molecule has 0 aromatic heterocycles. The van der Waals surface area contributed by atoms with Gasteiger partial charge in [-0.15, -0.1) is 0 Å². The van der Waals surface area contributed by atoms with Crippen molar-refractivity contribution in [2.24, 2.45) is 0 Å². The molecule has 0 heterocycles. The first kappa shape index (κ1) is 30.6. The Morgan fingerprint density at radius 1 is 0.950 bits per heavy atom. The molecule has 3 aromatic rings. The van der Waals surface area contributed by atoms with Crippen LogP contribution < -0.4 is 14.4 Å². The van der Waals surface area contributed by atoms with Crippen LogP contribution in [0.1, 0.15) is 38.3 Å². The Kier molecular flexibility index (Phi) is 10.7. The Bertz CT molecular complexity index is 1380. The van der Waals surface area contributed by atoms with Crippen molar-refractivity contribution < 1.29 is 27.1 Å². The van der Waals surface area contributed by atoms with Gasteiger partial charge in [0.05, 0.1) is 17.2 Å². The SMILES string of the molecule is CCCNC(=O)[C@H](C)N(Cc1ccc(F)cc1)C(=O)CN(c1ccc(OCC)cc1)S(=O)(=O)c1ccc(C)cc1. The smallest absolute Gasteiger partial charge is 0.264 e. The fraction of sp³-hybridized carbons (Fsp3) is 0.333. The minimum Gasteiger partial charge on any atom is -0.494 e. The summed E-state index contributed by atoms with van der Waals surface area (Å²) in [6.45, 7) is 7.50. The summed E-state index contributed by atoms with van der Waals surface area (Å²) in [6, 6.07) is 17.5. The van der Waals surface area contributed by atoms with E-state index >= 15 is 0 Å². The second-order valence-corrected chi connectivity index (χ2v) is 11.2. The number of rotatable bonds is 13. The first-order valence-corrected chi connectivity index (χ1v) is 14.6. The van der Waals surface area contributed by atoms with E-state index in [1.54, 1.807) is 43.3 Å². The molecule has 0 aliphatic rings. The zero-order chi connectivity index (χ0) is 29.3. The summed E-state index contributed by atoms with van der Waals surface area (Å²) in [5, 5.41) is 2.79. The number of nitrogens with one attached hydrogen (secondary N) is 1. The van der Waals surface area contributed by atoms with E-state index in [1.165, 1.54) is 41.3 Å². The molecule has 0 saturated heterocycles. The Labute approximate surface area is 235 Å². The summed E-state index contributed by atoms with van der Waals surface area (Å²) in [5.74, 6) is -0.829. The van der Waals surface area contributed by atoms with Gasteiger partial charge in [0.1, 0.15) is 24.2 Å². The number of carbonyl (C=O) groups excluding carboxylic acids is 2. The molecule has 40 heavy (non-hydrogen) atoms. The van der Waals surface area contributed by atoms with Gasteiger partial charge in [0.2, 0.25) is 11.8 Å². The first-order valence-electron chi connectivity index (χ1n) is 13.2. The lowest BCUT2D eigenvalue weighted by Crippen LogP contribution is -2.51. The van der Waals surface area contributed by atoms with Crippen LogP contribution >= 0.6 is 0 Å². The minimum absolute atomic E-state index is 0.0124. The lowest BCUT2D eigenvalue weighted by atomic mass is 10.1. The maximum absolute atomic E-state index is 13.9. The summed E-state index contributed by atoms with van der Waals surface area (Å²) in [6.07, 6.45) is 0.713. The molecular formula is C30H36FN3O5S. The number of amides is 2. The highest BCUT2D eigenvalue weighted by Gasteiger charge is 2.32. The highest BCUT2D eigenvalue weighted by molar-refractivity contribution is 7.92. The highest BCUT2D eigenvalue weighted by Crippen LogP contribution is 2.27. The fourth-order valence-electron chi connectivity index (χ4n) is 4.01. The van der Waals surface area contributed by atoms with E-state index in [4.69, 9.17) is 4.74 Å². The molecule has 0 aliphatic heterocycles. The normalized spacial score (nSPS) is 11.9. The van der Waals surface area contributed by atoms with Crippen molar-refractivity contribution in [1.82, 2.24) is 10.2 Å². The fourth-order valence-corrected chi connectivity index (χ4v) is 5.42. The molecule has 3 aromatic carbocycles. The quantitative estimate of drug-likeness (QED) is 0.323. The van der Waals surface area contributed by atoms with Crippen LogP contribution in [0.25, 0.3) is 0 Å². The number of hydrogen-bond donors (Lipinski definition) is 1. The van der Waals surface area contributed by atoms with Crippen molar-refractivity contribution in [3.63, 3.8) is 0 Å². The summed E-state index contributed by atoms with van der Waals surface area (Å²) < 4.78 is 47.8. The molecule has 0 radical (unpaired) electrons. The van der Waals surface area contributed by atoms with Gasteiger partial charge in [-0.2, -0.15) is 0 Å². The van der Waals surface area contributed by atoms with Gasteiger partial charge >= 0.3 is 0 Å². The molecule has 2 amide bonds. The van der Waals surface area contributed by atoms with E-state index < -0.39 is 34.3 Å². The lowest BCUT2D eigenvalue weighted by Gasteiger charge is -2.32. The molecule has 3 rings (SSSR count). The number of benzene rings is 3. The Hall–Kier alpha value is -3.92. The number of anilines is 1. The maximum atomic E-state index is 13.9. The van der Waals surface area contributed by atoms with E-state index in [-0.39, 0.29) is 23.0 Å². The predicted octanol–water partition coefficient (Wildman–Crippen LogP) is 4.67. The topological polar surface area (TPSA) is 96.0 Å². The van der Waals surface area contributed by atoms with Crippen LogP contribution in [0.3, 0.4) is 0 Å². The number of halogens is 1. The molecule has 0 unspecified atom stereocenters. The zero-order valence-corrected chi connectivity index (χ0v) is 24.1. The number of ether oxygens (including phenoxy) is 1. The van der Waals surface area contributed by atoms with Gasteiger partial charge in [0, 0.05) is 13.1 Å². The van der Waals surface area contributed by atoms with Crippen LogP contribution in [0.2, 0.25) is 0 Å². The lowest BCUT2D eigenvalue weighted by molar-refractivity contribution is -0.139. The Morgan fingerprint density at radius 3 is 2.15 bits per heavy atom. The third kappa shape index (κ3) is 7.81. The summed E-state index contributed by atoms with van der Waals surface area (Å²) >= 11 is 0. The minimum atomic E-state index is -4.17. The van der Waals surface area contributed by atoms with Crippen molar-refractivity contribution in [3.05, 3.63) is 89.7 Å². The number of carbonyl (C=O) groups is 2. The highest BCUT2D eigenvalue weighted by atomic mass is 32.2. The molecule has 0 saturated carbocycles. The molecule has 1 N–H and O–H groups in total. The summed E-state index contributed by atoms with van der Waals surface area (Å²) in [4.78, 5) is 28.1. The second kappa shape index (κ2) is 13.9. The van der Waals surface area contributed by atoms with Gasteiger partial charge in [-0.25, -0.2) is 12.8 Å². The molecule has 10 heteroatoms. The van der Waals surface area contributed by atoms with Crippen LogP contribution in [0.4, 0.5) is 10.1 Å². The molecule has 0 bridgehead atoms. The van der Waals surface area contributed by atoms with Gasteiger partial charge in [-0.05, 0) is 81.3 Å². The van der Waals surface area contributed by atoms with Crippen molar-refractivity contribution in [1.29, 1.82) is 0 Å². The van der Waals surface area contributed by atoms with Crippen LogP contribution in [0.5, 0.6) is 5.75 Å². The number of nitrogens with zero attached hydrogens (tertiary/aromatic N) is 2. The van der Waals surface area contributed by atoms with Gasteiger partial charge in [0.15, 0.2) is 0 Å². The largest absolute Gasteiger partial charge is 0.494 e. The van der Waals surface area contributed by atoms with Gasteiger partial charge in [0.25, 0.3) is 10.0 Å². The third-order valence-electron chi connectivity index (χ3n) is 6.31. The summed E-state index contributed by atoms with van der Waals surface area (Å²) in [7, 11) is -4.17. The molecular weight excluding hydrogens is 533 g/mol. The number of hydrogen-bond acceptors (Lipinski definition) is 5. The van der Waals surface area contributed by atoms with Crippen molar-refractivity contribution in [2.45, 2.75) is 51.6 Å². The molecule has 0 fully saturated rings. The molecule has 214 valence electrons. The monoisotopic (exact) mass is 569 g/mol. The van der Waals surface area contributed by atoms with E-state index in [1.807, 2.05) is 20.8 Å². The van der Waals surface area contributed by atoms with Gasteiger partial charge < -0.3 is 15.0 Å². The third-order valence-corrected chi connectivity index (χ3v) is 8.09. The van der Waals surface area contributed by atoms with E-state index in [0.717, 1.165) is 9.87 Å². The molecule has 0 aliphatic carbocycles. The predicted molar refractivity (Wildman–Crippen MR) is 153 cm³/mol. The molecule has 8 nitrogen and oxygen atoms in total. The van der Waals surface area contributed by atoms with Crippen LogP contribution in [0, 0.1) is 12.7 Å². The summed E-state index contributed by atoms with van der Waals surface area (Å²) in [5.41, 5.74) is 1.75. The Morgan fingerprint density at radius 2 is 1.57 bits per heavy atom. The average Bonchev–Trinajstić information content (AvgIpc) is 2.94. The molecule has 1 atom stereocenters. The first-order chi connectivity index (χ1) is 19.1. The van der Waals surface area contributed by atoms with Gasteiger partial charge in [-0.1, -0.05) is 36.8 Å². The standard InChI is InChI=1S/C30H36FN3O5S/c1-5-19-32-30(36)23(4)33(20-24-9-11-25(31)12-10-24)29(35)21-34(26-13-15-27(16-14-26)39-6-2)40(37,38)28-17-7-22(3)8-18-28/h7-18,23H,5-6,19-21H2,1-4H3,(H,32,36)/t23-/m0/s1. The van der Waals surface area contributed by atoms with E-state index in [2.05, 4.69) is 5.32 Å². The van der Waals surface area contributed by atoms with E-state index in [0.29, 0.717) is 30.9 Å². The number of sulfonamides is 1. The van der Waals surface area contributed by atoms with Gasteiger partial charge in [-0.3, -0.25) is 13.9 Å². The Balaban J connectivity index is 2.01. The van der Waals surface area contributed by atoms with E-state index in [9.17, 15) is 22.4 Å². The van der Waals surface area contributed by atoms with Crippen LogP contribution in [0.15, 0.2) is 77.7 Å². The number of aryl methyl sites for hydroxylation is 1. The van der Waals surface area contributed by atoms with Crippen LogP contribution in [-0.4, -0.2) is 50.9 Å². The van der Waals surface area contributed by atoms with Crippen molar-refractivity contribution in [3.8, 4) is 5.75 Å². The average molecular weight is 570 g/mol. The molecule has 0 spiro atoms. The van der Waals surface area contributed by atoms with Crippen LogP contribution in [-0.2, 0) is 26.2 Å². The second-order valence-electron chi connectivity index (χ2n) is 9.37. The van der Waals surface area contributed by atoms with Crippen molar-refractivity contribution >= 4 is 27.5 Å². The van der Waals surface area contributed by atoms with Crippen molar-refractivity contribution in [2.75, 3.05) is 24.0 Å². The zero-order valence-electron chi connectivity index (χ0n) is 23.3. The maximum Gasteiger partial charge on any atom is 0.264 e.